The fraction of sp³-hybridized carbons (Fsp3) is 0.583. The predicted octanol–water partition coefficient (Wildman–Crippen LogP) is 1.92. The van der Waals surface area contributed by atoms with Gasteiger partial charge in [-0.25, -0.2) is 0 Å². The first kappa shape index (κ1) is 11.6. The van der Waals surface area contributed by atoms with Crippen LogP contribution in [0, 0.1) is 5.41 Å². The number of hydrogen-bond donors (Lipinski definition) is 2. The van der Waals surface area contributed by atoms with Gasteiger partial charge in [0.1, 0.15) is 0 Å². The van der Waals surface area contributed by atoms with Crippen molar-refractivity contribution in [1.29, 1.82) is 0 Å². The highest BCUT2D eigenvalue weighted by atomic mass is 32.1. The summed E-state index contributed by atoms with van der Waals surface area (Å²) in [5.74, 6) is 0.165. The summed E-state index contributed by atoms with van der Waals surface area (Å²) in [5, 5.41) is 8.38. The predicted molar refractivity (Wildman–Crippen MR) is 66.5 cm³/mol. The van der Waals surface area contributed by atoms with Gasteiger partial charge in [0.05, 0.1) is 11.5 Å². The molecular weight excluding hydrogens is 220 g/mol. The van der Waals surface area contributed by atoms with Gasteiger partial charge >= 0.3 is 0 Å². The summed E-state index contributed by atoms with van der Waals surface area (Å²) in [5.41, 5.74) is -0.231. The van der Waals surface area contributed by atoms with Gasteiger partial charge < -0.3 is 10.6 Å². The Morgan fingerprint density at radius 1 is 1.69 bits per heavy atom. The Morgan fingerprint density at radius 3 is 3.06 bits per heavy atom. The van der Waals surface area contributed by atoms with Crippen LogP contribution in [-0.4, -0.2) is 19.0 Å². The molecule has 2 N–H and O–H groups in total. The molecule has 0 bridgehead atoms. The Bertz CT molecular complexity index is 355. The van der Waals surface area contributed by atoms with Gasteiger partial charge in [-0.2, -0.15) is 0 Å². The van der Waals surface area contributed by atoms with Crippen LogP contribution in [-0.2, 0) is 4.79 Å². The van der Waals surface area contributed by atoms with Crippen LogP contribution in [0.2, 0.25) is 0 Å². The van der Waals surface area contributed by atoms with Crippen LogP contribution in [0.5, 0.6) is 0 Å². The lowest BCUT2D eigenvalue weighted by Gasteiger charge is -2.24. The van der Waals surface area contributed by atoms with Crippen LogP contribution in [0.15, 0.2) is 17.5 Å². The summed E-state index contributed by atoms with van der Waals surface area (Å²) in [6, 6.07) is 4.19. The minimum absolute atomic E-state index is 0.116. The number of thiophene rings is 1. The van der Waals surface area contributed by atoms with E-state index in [2.05, 4.69) is 16.7 Å². The molecule has 1 amide bonds. The van der Waals surface area contributed by atoms with E-state index in [0.29, 0.717) is 0 Å². The Hall–Kier alpha value is -0.870. The van der Waals surface area contributed by atoms with Crippen LogP contribution in [0.25, 0.3) is 0 Å². The molecule has 1 aromatic rings. The second-order valence-electron chi connectivity index (χ2n) is 4.70. The smallest absolute Gasteiger partial charge is 0.227 e. The van der Waals surface area contributed by atoms with Gasteiger partial charge in [-0.05, 0) is 38.3 Å². The number of carbonyl (C=O) groups excluding carboxylic acids is 1. The van der Waals surface area contributed by atoms with Gasteiger partial charge in [-0.15, -0.1) is 11.3 Å². The Labute approximate surface area is 100 Å². The molecule has 0 aromatic carbocycles. The lowest BCUT2D eigenvalue weighted by atomic mass is 9.88. The molecule has 1 aliphatic rings. The van der Waals surface area contributed by atoms with Crippen molar-refractivity contribution in [3.8, 4) is 0 Å². The van der Waals surface area contributed by atoms with Gasteiger partial charge in [0.2, 0.25) is 5.91 Å². The van der Waals surface area contributed by atoms with Crippen molar-refractivity contribution in [2.45, 2.75) is 26.3 Å². The highest BCUT2D eigenvalue weighted by Crippen LogP contribution is 2.26. The SMILES string of the molecule is CC(NC(=O)C1(C)CCNC1)c1cccs1. The first-order valence-electron chi connectivity index (χ1n) is 5.67. The van der Waals surface area contributed by atoms with E-state index >= 15 is 0 Å². The standard InChI is InChI=1S/C12H18N2OS/c1-9(10-4-3-7-16-10)14-11(15)12(2)5-6-13-8-12/h3-4,7,9,13H,5-6,8H2,1-2H3,(H,14,15). The fourth-order valence-electron chi connectivity index (χ4n) is 1.99. The van der Waals surface area contributed by atoms with E-state index in [1.807, 2.05) is 25.3 Å². The van der Waals surface area contributed by atoms with E-state index in [0.717, 1.165) is 19.5 Å². The third kappa shape index (κ3) is 2.28. The second kappa shape index (κ2) is 4.55. The fourth-order valence-corrected chi connectivity index (χ4v) is 2.72. The summed E-state index contributed by atoms with van der Waals surface area (Å²) in [4.78, 5) is 13.3. The third-order valence-corrected chi connectivity index (χ3v) is 4.29. The zero-order valence-corrected chi connectivity index (χ0v) is 10.6. The van der Waals surface area contributed by atoms with Crippen LogP contribution in [0.3, 0.4) is 0 Å². The van der Waals surface area contributed by atoms with E-state index in [9.17, 15) is 4.79 Å². The van der Waals surface area contributed by atoms with Crippen molar-refractivity contribution >= 4 is 17.2 Å². The summed E-state index contributed by atoms with van der Waals surface area (Å²) >= 11 is 1.68. The highest BCUT2D eigenvalue weighted by Gasteiger charge is 2.36. The molecule has 2 atom stereocenters. The Balaban J connectivity index is 1.97. The van der Waals surface area contributed by atoms with E-state index < -0.39 is 0 Å². The Kier molecular flexibility index (Phi) is 3.30. The lowest BCUT2D eigenvalue weighted by Crippen LogP contribution is -2.41. The minimum Gasteiger partial charge on any atom is -0.348 e. The number of hydrogen-bond acceptors (Lipinski definition) is 3. The lowest BCUT2D eigenvalue weighted by molar-refractivity contribution is -0.129. The maximum Gasteiger partial charge on any atom is 0.227 e. The number of rotatable bonds is 3. The molecule has 2 rings (SSSR count). The quantitative estimate of drug-likeness (QED) is 0.845. The maximum absolute atomic E-state index is 12.1. The first-order valence-corrected chi connectivity index (χ1v) is 6.55. The molecule has 4 heteroatoms. The number of carbonyl (C=O) groups is 1. The molecular formula is C12H18N2OS. The summed E-state index contributed by atoms with van der Waals surface area (Å²) in [6.07, 6.45) is 0.927. The van der Waals surface area contributed by atoms with Crippen molar-refractivity contribution < 1.29 is 4.79 Å². The molecule has 1 aromatic heterocycles. The number of nitrogens with one attached hydrogen (secondary N) is 2. The van der Waals surface area contributed by atoms with E-state index in [1.54, 1.807) is 11.3 Å². The molecule has 0 spiro atoms. The molecule has 0 aliphatic carbocycles. The van der Waals surface area contributed by atoms with Crippen LogP contribution < -0.4 is 10.6 Å². The van der Waals surface area contributed by atoms with Gasteiger partial charge in [0.25, 0.3) is 0 Å². The topological polar surface area (TPSA) is 41.1 Å². The number of amides is 1. The molecule has 16 heavy (non-hydrogen) atoms. The monoisotopic (exact) mass is 238 g/mol. The Morgan fingerprint density at radius 2 is 2.50 bits per heavy atom. The molecule has 1 saturated heterocycles. The van der Waals surface area contributed by atoms with E-state index in [4.69, 9.17) is 0 Å². The zero-order chi connectivity index (χ0) is 11.6. The van der Waals surface area contributed by atoms with E-state index in [-0.39, 0.29) is 17.4 Å². The summed E-state index contributed by atoms with van der Waals surface area (Å²) < 4.78 is 0. The summed E-state index contributed by atoms with van der Waals surface area (Å²) in [7, 11) is 0. The summed E-state index contributed by atoms with van der Waals surface area (Å²) in [6.45, 7) is 5.80. The zero-order valence-electron chi connectivity index (χ0n) is 9.75. The normalized spacial score (nSPS) is 26.6. The maximum atomic E-state index is 12.1. The highest BCUT2D eigenvalue weighted by molar-refractivity contribution is 7.10. The van der Waals surface area contributed by atoms with Gasteiger partial charge in [-0.3, -0.25) is 4.79 Å². The van der Waals surface area contributed by atoms with Crippen molar-refractivity contribution in [3.63, 3.8) is 0 Å². The molecule has 1 fully saturated rings. The van der Waals surface area contributed by atoms with Crippen molar-refractivity contribution in [3.05, 3.63) is 22.4 Å². The van der Waals surface area contributed by atoms with Crippen LogP contribution in [0.1, 0.15) is 31.2 Å². The molecule has 88 valence electrons. The molecule has 2 heterocycles. The first-order chi connectivity index (χ1) is 7.62. The van der Waals surface area contributed by atoms with Crippen molar-refractivity contribution in [1.82, 2.24) is 10.6 Å². The van der Waals surface area contributed by atoms with Crippen LogP contribution in [0.4, 0.5) is 0 Å². The van der Waals surface area contributed by atoms with Gasteiger partial charge in [-0.1, -0.05) is 6.07 Å². The third-order valence-electron chi connectivity index (χ3n) is 3.23. The second-order valence-corrected chi connectivity index (χ2v) is 5.68. The molecule has 0 saturated carbocycles. The van der Waals surface area contributed by atoms with Crippen molar-refractivity contribution in [2.24, 2.45) is 5.41 Å². The minimum atomic E-state index is -0.231. The van der Waals surface area contributed by atoms with Gasteiger partial charge in [0.15, 0.2) is 0 Å². The average molecular weight is 238 g/mol. The van der Waals surface area contributed by atoms with Crippen molar-refractivity contribution in [2.75, 3.05) is 13.1 Å². The van der Waals surface area contributed by atoms with E-state index in [1.165, 1.54) is 4.88 Å². The largest absolute Gasteiger partial charge is 0.348 e. The molecule has 2 unspecified atom stereocenters. The molecule has 3 nitrogen and oxygen atoms in total. The van der Waals surface area contributed by atoms with Gasteiger partial charge in [0, 0.05) is 11.4 Å². The van der Waals surface area contributed by atoms with Crippen LogP contribution >= 0.6 is 11.3 Å². The molecule has 1 aliphatic heterocycles. The average Bonchev–Trinajstić information content (AvgIpc) is 2.88. The molecule has 0 radical (unpaired) electrons.